The maximum Gasteiger partial charge on any atom is 0.326 e. The molecule has 1 saturated heterocycles. The van der Waals surface area contributed by atoms with Crippen molar-refractivity contribution in [1.82, 2.24) is 14.5 Å². The van der Waals surface area contributed by atoms with Crippen molar-refractivity contribution in [3.05, 3.63) is 28.7 Å². The van der Waals surface area contributed by atoms with E-state index in [-0.39, 0.29) is 5.69 Å². The van der Waals surface area contributed by atoms with Crippen molar-refractivity contribution in [2.45, 2.75) is 26.3 Å². The van der Waals surface area contributed by atoms with E-state index in [4.69, 9.17) is 4.74 Å². The van der Waals surface area contributed by atoms with Gasteiger partial charge in [-0.05, 0) is 50.5 Å². The summed E-state index contributed by atoms with van der Waals surface area (Å²) in [7, 11) is 1.65. The number of aromatic amines is 1. The first kappa shape index (κ1) is 14.2. The molecule has 0 unspecified atom stereocenters. The van der Waals surface area contributed by atoms with Crippen molar-refractivity contribution < 1.29 is 4.74 Å². The van der Waals surface area contributed by atoms with Crippen molar-refractivity contribution in [2.75, 3.05) is 26.7 Å². The molecule has 0 bridgehead atoms. The van der Waals surface area contributed by atoms with Crippen molar-refractivity contribution in [3.8, 4) is 5.75 Å². The summed E-state index contributed by atoms with van der Waals surface area (Å²) >= 11 is 0. The number of ether oxygens (including phenoxy) is 1. The summed E-state index contributed by atoms with van der Waals surface area (Å²) in [6.45, 7) is 6.40. The fourth-order valence-corrected chi connectivity index (χ4v) is 3.18. The smallest absolute Gasteiger partial charge is 0.326 e. The minimum atomic E-state index is -0.0174. The Morgan fingerprint density at radius 1 is 1.33 bits per heavy atom. The van der Waals surface area contributed by atoms with Gasteiger partial charge in [0.15, 0.2) is 0 Å². The topological polar surface area (TPSA) is 50.3 Å². The van der Waals surface area contributed by atoms with Crippen LogP contribution in [0.15, 0.2) is 23.0 Å². The molecule has 1 aromatic carbocycles. The van der Waals surface area contributed by atoms with Gasteiger partial charge < -0.3 is 14.6 Å². The molecule has 2 aromatic rings. The number of likely N-dealkylation sites (tertiary alicyclic amines) is 1. The van der Waals surface area contributed by atoms with Crippen molar-refractivity contribution in [3.63, 3.8) is 0 Å². The van der Waals surface area contributed by atoms with E-state index >= 15 is 0 Å². The van der Waals surface area contributed by atoms with Crippen LogP contribution in [0.4, 0.5) is 0 Å². The number of methoxy groups -OCH3 is 1. The number of nitrogens with zero attached hydrogens (tertiary/aromatic N) is 2. The minimum absolute atomic E-state index is 0.0174. The Bertz CT molecular complexity index is 666. The summed E-state index contributed by atoms with van der Waals surface area (Å²) in [6, 6.07) is 5.72. The summed E-state index contributed by atoms with van der Waals surface area (Å²) in [4.78, 5) is 17.6. The molecule has 1 fully saturated rings. The van der Waals surface area contributed by atoms with Gasteiger partial charge in [0.05, 0.1) is 18.1 Å². The minimum Gasteiger partial charge on any atom is -0.497 e. The number of hydrogen-bond donors (Lipinski definition) is 1. The molecule has 3 rings (SSSR count). The molecule has 1 N–H and O–H groups in total. The first-order valence-corrected chi connectivity index (χ1v) is 7.70. The molecule has 1 aromatic heterocycles. The van der Waals surface area contributed by atoms with Crippen molar-refractivity contribution >= 4 is 11.0 Å². The van der Waals surface area contributed by atoms with E-state index in [1.807, 2.05) is 22.8 Å². The lowest BCUT2D eigenvalue weighted by atomic mass is 9.96. The first-order chi connectivity index (χ1) is 10.2. The van der Waals surface area contributed by atoms with E-state index in [1.54, 1.807) is 7.11 Å². The Morgan fingerprint density at radius 2 is 2.10 bits per heavy atom. The molecule has 0 atom stereocenters. The van der Waals surface area contributed by atoms with Crippen LogP contribution >= 0.6 is 0 Å². The van der Waals surface area contributed by atoms with Gasteiger partial charge in [0.25, 0.3) is 0 Å². The lowest BCUT2D eigenvalue weighted by Gasteiger charge is -2.31. The maximum atomic E-state index is 12.2. The third-order valence-corrected chi connectivity index (χ3v) is 4.58. The van der Waals surface area contributed by atoms with Crippen LogP contribution in [-0.4, -0.2) is 41.2 Å². The molecular weight excluding hydrogens is 266 g/mol. The average molecular weight is 289 g/mol. The summed E-state index contributed by atoms with van der Waals surface area (Å²) in [5.74, 6) is 1.37. The number of hydrogen-bond acceptors (Lipinski definition) is 3. The van der Waals surface area contributed by atoms with Crippen LogP contribution < -0.4 is 10.4 Å². The molecule has 21 heavy (non-hydrogen) atoms. The monoisotopic (exact) mass is 289 g/mol. The summed E-state index contributed by atoms with van der Waals surface area (Å²) in [5, 5.41) is 0. The second-order valence-electron chi connectivity index (χ2n) is 5.80. The molecule has 0 saturated carbocycles. The van der Waals surface area contributed by atoms with Gasteiger partial charge in [-0.2, -0.15) is 0 Å². The molecule has 5 nitrogen and oxygen atoms in total. The standard InChI is InChI=1S/C16H23N3O2/c1-3-18-8-6-12(7-9-18)11-19-15-10-13(21-2)4-5-14(15)17-16(19)20/h4-5,10,12H,3,6-9,11H2,1-2H3,(H,17,20). The fourth-order valence-electron chi connectivity index (χ4n) is 3.18. The second-order valence-corrected chi connectivity index (χ2v) is 5.80. The zero-order valence-corrected chi connectivity index (χ0v) is 12.8. The first-order valence-electron chi connectivity index (χ1n) is 7.70. The number of rotatable bonds is 4. The van der Waals surface area contributed by atoms with Gasteiger partial charge in [0, 0.05) is 12.6 Å². The number of H-pyrrole nitrogens is 1. The van der Waals surface area contributed by atoms with Crippen LogP contribution in [-0.2, 0) is 6.54 Å². The number of aromatic nitrogens is 2. The second kappa shape index (κ2) is 5.93. The molecule has 0 amide bonds. The number of fused-ring (bicyclic) bond motifs is 1. The van der Waals surface area contributed by atoms with E-state index in [0.717, 1.165) is 55.8 Å². The summed E-state index contributed by atoms with van der Waals surface area (Å²) in [6.07, 6.45) is 2.33. The molecule has 114 valence electrons. The van der Waals surface area contributed by atoms with E-state index in [0.29, 0.717) is 5.92 Å². The van der Waals surface area contributed by atoms with Crippen LogP contribution in [0.25, 0.3) is 11.0 Å². The van der Waals surface area contributed by atoms with Gasteiger partial charge in [0.1, 0.15) is 5.75 Å². The van der Waals surface area contributed by atoms with E-state index in [9.17, 15) is 4.79 Å². The molecule has 0 radical (unpaired) electrons. The van der Waals surface area contributed by atoms with Crippen LogP contribution in [0.1, 0.15) is 19.8 Å². The Kier molecular flexibility index (Phi) is 4.01. The zero-order valence-electron chi connectivity index (χ0n) is 12.8. The Hall–Kier alpha value is -1.75. The summed E-state index contributed by atoms with van der Waals surface area (Å²) < 4.78 is 7.13. The third kappa shape index (κ3) is 2.83. The molecule has 5 heteroatoms. The Morgan fingerprint density at radius 3 is 2.76 bits per heavy atom. The van der Waals surface area contributed by atoms with Crippen LogP contribution in [0.2, 0.25) is 0 Å². The summed E-state index contributed by atoms with van der Waals surface area (Å²) in [5.41, 5.74) is 1.81. The Labute approximate surface area is 124 Å². The number of nitrogens with one attached hydrogen (secondary N) is 1. The van der Waals surface area contributed by atoms with Gasteiger partial charge in [-0.1, -0.05) is 6.92 Å². The molecule has 2 heterocycles. The molecule has 1 aliphatic rings. The highest BCUT2D eigenvalue weighted by atomic mass is 16.5. The van der Waals surface area contributed by atoms with Crippen molar-refractivity contribution in [1.29, 1.82) is 0 Å². The lowest BCUT2D eigenvalue weighted by molar-refractivity contribution is 0.181. The van der Waals surface area contributed by atoms with E-state index in [2.05, 4.69) is 16.8 Å². The average Bonchev–Trinajstić information content (AvgIpc) is 2.83. The third-order valence-electron chi connectivity index (χ3n) is 4.58. The van der Waals surface area contributed by atoms with Gasteiger partial charge in [-0.25, -0.2) is 4.79 Å². The van der Waals surface area contributed by atoms with Gasteiger partial charge in [-0.15, -0.1) is 0 Å². The van der Waals surface area contributed by atoms with Crippen molar-refractivity contribution in [2.24, 2.45) is 5.92 Å². The lowest BCUT2D eigenvalue weighted by Crippen LogP contribution is -2.35. The van der Waals surface area contributed by atoms with Gasteiger partial charge in [-0.3, -0.25) is 4.57 Å². The highest BCUT2D eigenvalue weighted by Gasteiger charge is 2.20. The molecule has 0 spiro atoms. The van der Waals surface area contributed by atoms with Crippen LogP contribution in [0.3, 0.4) is 0 Å². The predicted molar refractivity (Wildman–Crippen MR) is 83.9 cm³/mol. The highest BCUT2D eigenvalue weighted by Crippen LogP contribution is 2.22. The van der Waals surface area contributed by atoms with E-state index in [1.165, 1.54) is 0 Å². The fraction of sp³-hybridized carbons (Fsp3) is 0.562. The van der Waals surface area contributed by atoms with Crippen LogP contribution in [0, 0.1) is 5.92 Å². The van der Waals surface area contributed by atoms with Crippen LogP contribution in [0.5, 0.6) is 5.75 Å². The number of imidazole rings is 1. The highest BCUT2D eigenvalue weighted by molar-refractivity contribution is 5.77. The SMILES string of the molecule is CCN1CCC(Cn2c(=O)[nH]c3ccc(OC)cc32)CC1. The number of benzene rings is 1. The predicted octanol–water partition coefficient (Wildman–Crippen LogP) is 2.07. The normalized spacial score (nSPS) is 17.4. The van der Waals surface area contributed by atoms with Gasteiger partial charge >= 0.3 is 5.69 Å². The van der Waals surface area contributed by atoms with Gasteiger partial charge in [0.2, 0.25) is 0 Å². The molecule has 1 aliphatic heterocycles. The van der Waals surface area contributed by atoms with E-state index < -0.39 is 0 Å². The maximum absolute atomic E-state index is 12.2. The number of piperidine rings is 1. The molecular formula is C16H23N3O2. The largest absolute Gasteiger partial charge is 0.497 e. The Balaban J connectivity index is 1.83. The molecule has 0 aliphatic carbocycles. The zero-order chi connectivity index (χ0) is 14.8. The quantitative estimate of drug-likeness (QED) is 0.937.